The summed E-state index contributed by atoms with van der Waals surface area (Å²) in [6.07, 6.45) is 0. The number of tetrazole rings is 1. The van der Waals surface area contributed by atoms with Gasteiger partial charge in [0.15, 0.2) is 0 Å². The van der Waals surface area contributed by atoms with Crippen molar-refractivity contribution in [1.82, 2.24) is 20.2 Å². The van der Waals surface area contributed by atoms with Crippen molar-refractivity contribution in [2.45, 2.75) is 27.4 Å². The van der Waals surface area contributed by atoms with E-state index in [9.17, 15) is 4.79 Å². The minimum Gasteiger partial charge on any atom is -0.496 e. The second-order valence-electron chi connectivity index (χ2n) is 5.87. The van der Waals surface area contributed by atoms with E-state index in [1.54, 1.807) is 19.2 Å². The third-order valence-electron chi connectivity index (χ3n) is 4.19. The zero-order valence-corrected chi connectivity index (χ0v) is 14.7. The predicted molar refractivity (Wildman–Crippen MR) is 93.5 cm³/mol. The van der Waals surface area contributed by atoms with E-state index in [1.165, 1.54) is 10.2 Å². The number of aromatic amines is 1. The molecule has 0 atom stereocenters. The van der Waals surface area contributed by atoms with Crippen LogP contribution >= 0.6 is 0 Å². The van der Waals surface area contributed by atoms with Gasteiger partial charge in [0.25, 0.3) is 0 Å². The first kappa shape index (κ1) is 16.8. The van der Waals surface area contributed by atoms with Crippen LogP contribution < -0.4 is 15.2 Å². The van der Waals surface area contributed by atoms with Gasteiger partial charge in [-0.15, -0.1) is 0 Å². The topological polar surface area (TPSA) is 82.0 Å². The van der Waals surface area contributed by atoms with Gasteiger partial charge in [-0.05, 0) is 66.1 Å². The van der Waals surface area contributed by atoms with Gasteiger partial charge in [-0.3, -0.25) is 0 Å². The first-order valence-corrected chi connectivity index (χ1v) is 7.88. The van der Waals surface area contributed by atoms with Crippen LogP contribution in [0.25, 0.3) is 5.69 Å². The number of hydrogen-bond donors (Lipinski definition) is 1. The van der Waals surface area contributed by atoms with Crippen molar-refractivity contribution in [3.8, 4) is 17.2 Å². The fourth-order valence-corrected chi connectivity index (χ4v) is 2.68. The van der Waals surface area contributed by atoms with Crippen LogP contribution in [0.1, 0.15) is 22.3 Å². The number of ether oxygens (including phenoxy) is 2. The van der Waals surface area contributed by atoms with Crippen LogP contribution in [0, 0.1) is 20.8 Å². The molecule has 3 rings (SSSR count). The summed E-state index contributed by atoms with van der Waals surface area (Å²) in [5.41, 5.74) is 4.30. The number of nitrogens with one attached hydrogen (secondary N) is 1. The van der Waals surface area contributed by atoms with Crippen molar-refractivity contribution in [2.75, 3.05) is 7.11 Å². The average molecular weight is 340 g/mol. The smallest absolute Gasteiger partial charge is 0.365 e. The second-order valence-corrected chi connectivity index (χ2v) is 5.87. The van der Waals surface area contributed by atoms with Crippen LogP contribution in [0.3, 0.4) is 0 Å². The number of aryl methyl sites for hydroxylation is 3. The van der Waals surface area contributed by atoms with E-state index < -0.39 is 5.69 Å². The predicted octanol–water partition coefficient (Wildman–Crippen LogP) is 2.47. The zero-order valence-electron chi connectivity index (χ0n) is 14.7. The molecule has 1 heterocycles. The lowest BCUT2D eigenvalue weighted by Crippen LogP contribution is -2.18. The van der Waals surface area contributed by atoms with Crippen LogP contribution in [-0.2, 0) is 6.61 Å². The molecule has 0 spiro atoms. The summed E-state index contributed by atoms with van der Waals surface area (Å²) in [7, 11) is 1.58. The van der Waals surface area contributed by atoms with E-state index in [1.807, 2.05) is 26.0 Å². The molecule has 0 amide bonds. The fourth-order valence-electron chi connectivity index (χ4n) is 2.68. The Balaban J connectivity index is 1.99. The number of nitrogens with zero attached hydrogens (tertiary/aromatic N) is 3. The summed E-state index contributed by atoms with van der Waals surface area (Å²) < 4.78 is 12.6. The molecule has 7 heteroatoms. The van der Waals surface area contributed by atoms with E-state index in [0.717, 1.165) is 22.4 Å². The Labute approximate surface area is 145 Å². The van der Waals surface area contributed by atoms with Crippen molar-refractivity contribution < 1.29 is 9.47 Å². The highest BCUT2D eigenvalue weighted by Gasteiger charge is 2.15. The van der Waals surface area contributed by atoms with Gasteiger partial charge in [-0.2, -0.15) is 4.68 Å². The molecule has 0 saturated heterocycles. The van der Waals surface area contributed by atoms with Gasteiger partial charge in [-0.1, -0.05) is 12.1 Å². The maximum atomic E-state index is 11.9. The Morgan fingerprint density at radius 3 is 2.52 bits per heavy atom. The quantitative estimate of drug-likeness (QED) is 0.771. The van der Waals surface area contributed by atoms with Crippen molar-refractivity contribution in [3.63, 3.8) is 0 Å². The van der Waals surface area contributed by atoms with Gasteiger partial charge in [0, 0.05) is 0 Å². The van der Waals surface area contributed by atoms with E-state index in [-0.39, 0.29) is 6.61 Å². The molecule has 1 N–H and O–H groups in total. The number of hydrogen-bond acceptors (Lipinski definition) is 5. The molecule has 0 aliphatic heterocycles. The van der Waals surface area contributed by atoms with Gasteiger partial charge in [0.1, 0.15) is 18.1 Å². The van der Waals surface area contributed by atoms with Crippen molar-refractivity contribution >= 4 is 0 Å². The molecule has 7 nitrogen and oxygen atoms in total. The van der Waals surface area contributed by atoms with Crippen LogP contribution in [-0.4, -0.2) is 27.3 Å². The van der Waals surface area contributed by atoms with Crippen LogP contribution in [0.4, 0.5) is 0 Å². The molecule has 0 fully saturated rings. The Bertz CT molecular complexity index is 959. The Hall–Kier alpha value is -3.09. The zero-order chi connectivity index (χ0) is 18.0. The lowest BCUT2D eigenvalue weighted by Gasteiger charge is -2.16. The lowest BCUT2D eigenvalue weighted by molar-refractivity contribution is 0.294. The molecule has 130 valence electrons. The molecule has 0 saturated carbocycles. The van der Waals surface area contributed by atoms with Crippen LogP contribution in [0.2, 0.25) is 0 Å². The Morgan fingerprint density at radius 1 is 1.08 bits per heavy atom. The highest BCUT2D eigenvalue weighted by atomic mass is 16.5. The third kappa shape index (κ3) is 3.26. The second kappa shape index (κ2) is 6.80. The minimum atomic E-state index is -0.420. The van der Waals surface area contributed by atoms with E-state index >= 15 is 0 Å². The maximum Gasteiger partial charge on any atom is 0.365 e. The van der Waals surface area contributed by atoms with Gasteiger partial charge in [-0.25, -0.2) is 9.89 Å². The molecule has 2 aromatic carbocycles. The maximum absolute atomic E-state index is 11.9. The molecular weight excluding hydrogens is 320 g/mol. The molecule has 0 radical (unpaired) electrons. The normalized spacial score (nSPS) is 10.7. The number of benzene rings is 2. The molecule has 0 aliphatic rings. The Morgan fingerprint density at radius 2 is 1.84 bits per heavy atom. The highest BCUT2D eigenvalue weighted by Crippen LogP contribution is 2.28. The van der Waals surface area contributed by atoms with Crippen LogP contribution in [0.5, 0.6) is 11.5 Å². The van der Waals surface area contributed by atoms with Gasteiger partial charge < -0.3 is 9.47 Å². The summed E-state index contributed by atoms with van der Waals surface area (Å²) in [6, 6.07) is 9.50. The number of H-pyrrole nitrogens is 1. The summed E-state index contributed by atoms with van der Waals surface area (Å²) >= 11 is 0. The standard InChI is InChI=1S/C18H20N4O3/c1-11-8-13(3)17(9-12(11)2)25-10-14-15(6-5-7-16(14)24-4)22-18(23)19-20-21-22/h5-9H,10H2,1-4H3,(H,19,21,23). The minimum absolute atomic E-state index is 0.238. The lowest BCUT2D eigenvalue weighted by atomic mass is 10.1. The molecule has 0 unspecified atom stereocenters. The molecule has 3 aromatic rings. The third-order valence-corrected chi connectivity index (χ3v) is 4.19. The summed E-state index contributed by atoms with van der Waals surface area (Å²) in [5, 5.41) is 9.64. The van der Waals surface area contributed by atoms with Crippen molar-refractivity contribution in [1.29, 1.82) is 0 Å². The summed E-state index contributed by atoms with van der Waals surface area (Å²) in [6.45, 7) is 6.36. The molecule has 1 aromatic heterocycles. The number of rotatable bonds is 5. The van der Waals surface area contributed by atoms with Gasteiger partial charge in [0.05, 0.1) is 18.4 Å². The Kier molecular flexibility index (Phi) is 4.56. The molecular formula is C18H20N4O3. The first-order chi connectivity index (χ1) is 12.0. The van der Waals surface area contributed by atoms with E-state index in [4.69, 9.17) is 9.47 Å². The number of methoxy groups -OCH3 is 1. The molecule has 25 heavy (non-hydrogen) atoms. The highest BCUT2D eigenvalue weighted by molar-refractivity contribution is 5.49. The number of aromatic nitrogens is 4. The van der Waals surface area contributed by atoms with Crippen molar-refractivity contribution in [2.24, 2.45) is 0 Å². The SMILES string of the molecule is COc1cccc(-n2nn[nH]c2=O)c1COc1cc(C)c(C)cc1C. The van der Waals surface area contributed by atoms with Gasteiger partial charge in [0.2, 0.25) is 0 Å². The van der Waals surface area contributed by atoms with Gasteiger partial charge >= 0.3 is 5.69 Å². The monoisotopic (exact) mass is 340 g/mol. The largest absolute Gasteiger partial charge is 0.496 e. The average Bonchev–Trinajstić information content (AvgIpc) is 3.02. The first-order valence-electron chi connectivity index (χ1n) is 7.88. The molecule has 0 bridgehead atoms. The van der Waals surface area contributed by atoms with Crippen LogP contribution in [0.15, 0.2) is 35.1 Å². The fraction of sp³-hybridized carbons (Fsp3) is 0.278. The molecule has 0 aliphatic carbocycles. The summed E-state index contributed by atoms with van der Waals surface area (Å²) in [4.78, 5) is 11.9. The van der Waals surface area contributed by atoms with E-state index in [0.29, 0.717) is 11.4 Å². The van der Waals surface area contributed by atoms with E-state index in [2.05, 4.69) is 28.5 Å². The van der Waals surface area contributed by atoms with Crippen molar-refractivity contribution in [3.05, 3.63) is 63.1 Å². The summed E-state index contributed by atoms with van der Waals surface area (Å²) in [5.74, 6) is 1.42.